The van der Waals surface area contributed by atoms with Crippen LogP contribution in [0.15, 0.2) is 0 Å². The Kier molecular flexibility index (Phi) is 3.97. The standard InChI is InChI=1S/C14H26N2O2/c1-9(2)7-15-11(17)8-16-12-10-5-6-18-13(10)14(12,3)4/h9-10,12-13,16H,5-8H2,1-4H3,(H,15,17). The summed E-state index contributed by atoms with van der Waals surface area (Å²) in [4.78, 5) is 11.7. The van der Waals surface area contributed by atoms with Crippen molar-refractivity contribution in [3.05, 3.63) is 0 Å². The maximum Gasteiger partial charge on any atom is 0.233 e. The lowest BCUT2D eigenvalue weighted by Crippen LogP contribution is -2.66. The van der Waals surface area contributed by atoms with Crippen LogP contribution in [0.2, 0.25) is 0 Å². The van der Waals surface area contributed by atoms with Crippen LogP contribution in [0.5, 0.6) is 0 Å². The summed E-state index contributed by atoms with van der Waals surface area (Å²) in [5.74, 6) is 1.20. The highest BCUT2D eigenvalue weighted by atomic mass is 16.5. The molecule has 2 rings (SSSR count). The van der Waals surface area contributed by atoms with E-state index in [0.717, 1.165) is 19.6 Å². The van der Waals surface area contributed by atoms with Crippen molar-refractivity contribution in [2.45, 2.75) is 46.3 Å². The van der Waals surface area contributed by atoms with Gasteiger partial charge in [-0.25, -0.2) is 0 Å². The molecule has 104 valence electrons. The van der Waals surface area contributed by atoms with Crippen LogP contribution in [0.1, 0.15) is 34.1 Å². The minimum Gasteiger partial charge on any atom is -0.377 e. The quantitative estimate of drug-likeness (QED) is 0.774. The average Bonchev–Trinajstić information content (AvgIpc) is 2.73. The van der Waals surface area contributed by atoms with Crippen molar-refractivity contribution in [2.75, 3.05) is 19.7 Å². The summed E-state index contributed by atoms with van der Waals surface area (Å²) < 4.78 is 5.74. The van der Waals surface area contributed by atoms with Gasteiger partial charge in [0.05, 0.1) is 12.6 Å². The van der Waals surface area contributed by atoms with Gasteiger partial charge in [-0.15, -0.1) is 0 Å². The number of rotatable bonds is 5. The minimum absolute atomic E-state index is 0.0989. The molecule has 0 bridgehead atoms. The molecule has 2 N–H and O–H groups in total. The highest BCUT2D eigenvalue weighted by Gasteiger charge is 2.58. The van der Waals surface area contributed by atoms with E-state index in [4.69, 9.17) is 4.74 Å². The zero-order chi connectivity index (χ0) is 13.3. The van der Waals surface area contributed by atoms with Crippen LogP contribution >= 0.6 is 0 Å². The van der Waals surface area contributed by atoms with Gasteiger partial charge in [-0.3, -0.25) is 4.79 Å². The topological polar surface area (TPSA) is 50.4 Å². The Morgan fingerprint density at radius 3 is 2.83 bits per heavy atom. The number of amides is 1. The van der Waals surface area contributed by atoms with Gasteiger partial charge in [-0.1, -0.05) is 27.7 Å². The van der Waals surface area contributed by atoms with E-state index < -0.39 is 0 Å². The Hall–Kier alpha value is -0.610. The zero-order valence-corrected chi connectivity index (χ0v) is 12.0. The maximum atomic E-state index is 11.7. The van der Waals surface area contributed by atoms with Gasteiger partial charge in [-0.05, 0) is 12.3 Å². The molecule has 3 unspecified atom stereocenters. The molecule has 0 aromatic carbocycles. The summed E-state index contributed by atoms with van der Waals surface area (Å²) in [7, 11) is 0. The largest absolute Gasteiger partial charge is 0.377 e. The first-order chi connectivity index (χ1) is 8.43. The molecule has 1 saturated carbocycles. The number of hydrogen-bond donors (Lipinski definition) is 2. The monoisotopic (exact) mass is 254 g/mol. The minimum atomic E-state index is 0.0989. The molecule has 2 fully saturated rings. The molecule has 1 aliphatic carbocycles. The molecule has 1 aliphatic heterocycles. The average molecular weight is 254 g/mol. The number of carbonyl (C=O) groups is 1. The highest BCUT2D eigenvalue weighted by molar-refractivity contribution is 5.78. The second-order valence-corrected chi connectivity index (χ2v) is 6.62. The molecule has 1 heterocycles. The number of hydrogen-bond acceptors (Lipinski definition) is 3. The van der Waals surface area contributed by atoms with Crippen LogP contribution in [-0.2, 0) is 9.53 Å². The van der Waals surface area contributed by atoms with E-state index in [1.165, 1.54) is 0 Å². The van der Waals surface area contributed by atoms with Crippen molar-refractivity contribution >= 4 is 5.91 Å². The summed E-state index contributed by atoms with van der Waals surface area (Å²) in [6.45, 7) is 10.7. The normalized spacial score (nSPS) is 33.1. The summed E-state index contributed by atoms with van der Waals surface area (Å²) in [5, 5.41) is 6.35. The molecule has 1 amide bonds. The van der Waals surface area contributed by atoms with Crippen LogP contribution in [0.4, 0.5) is 0 Å². The molecule has 0 aromatic rings. The van der Waals surface area contributed by atoms with E-state index in [1.807, 2.05) is 0 Å². The van der Waals surface area contributed by atoms with Crippen molar-refractivity contribution in [3.8, 4) is 0 Å². The van der Waals surface area contributed by atoms with E-state index in [9.17, 15) is 4.79 Å². The maximum absolute atomic E-state index is 11.7. The molecule has 18 heavy (non-hydrogen) atoms. The molecular formula is C14H26N2O2. The van der Waals surface area contributed by atoms with Gasteiger partial charge >= 0.3 is 0 Å². The summed E-state index contributed by atoms with van der Waals surface area (Å²) in [5.41, 5.74) is 0.152. The van der Waals surface area contributed by atoms with Crippen LogP contribution in [0.3, 0.4) is 0 Å². The van der Waals surface area contributed by atoms with Crippen LogP contribution in [-0.4, -0.2) is 37.7 Å². The molecule has 0 aromatic heterocycles. The summed E-state index contributed by atoms with van der Waals surface area (Å²) >= 11 is 0. The van der Waals surface area contributed by atoms with E-state index in [0.29, 0.717) is 30.5 Å². The molecule has 3 atom stereocenters. The van der Waals surface area contributed by atoms with E-state index in [-0.39, 0.29) is 11.3 Å². The van der Waals surface area contributed by atoms with Crippen molar-refractivity contribution in [3.63, 3.8) is 0 Å². The number of fused-ring (bicyclic) bond motifs is 1. The van der Waals surface area contributed by atoms with E-state index in [1.54, 1.807) is 0 Å². The van der Waals surface area contributed by atoms with Gasteiger partial charge in [0, 0.05) is 30.5 Å². The van der Waals surface area contributed by atoms with Crippen LogP contribution < -0.4 is 10.6 Å². The van der Waals surface area contributed by atoms with Gasteiger partial charge in [-0.2, -0.15) is 0 Å². The predicted octanol–water partition coefficient (Wildman–Crippen LogP) is 1.16. The Labute approximate surface area is 110 Å². The summed E-state index contributed by atoms with van der Waals surface area (Å²) in [6, 6.07) is 0.412. The fourth-order valence-electron chi connectivity index (χ4n) is 3.32. The highest BCUT2D eigenvalue weighted by Crippen LogP contribution is 2.51. The van der Waals surface area contributed by atoms with Crippen molar-refractivity contribution in [1.82, 2.24) is 10.6 Å². The lowest BCUT2D eigenvalue weighted by atomic mass is 9.57. The Balaban J connectivity index is 1.75. The Morgan fingerprint density at radius 1 is 1.44 bits per heavy atom. The van der Waals surface area contributed by atoms with Crippen molar-refractivity contribution in [1.29, 1.82) is 0 Å². The van der Waals surface area contributed by atoms with Crippen molar-refractivity contribution < 1.29 is 9.53 Å². The molecule has 0 radical (unpaired) electrons. The third-order valence-corrected chi connectivity index (χ3v) is 4.29. The second kappa shape index (κ2) is 5.17. The summed E-state index contributed by atoms with van der Waals surface area (Å²) in [6.07, 6.45) is 1.51. The van der Waals surface area contributed by atoms with E-state index in [2.05, 4.69) is 38.3 Å². The molecule has 4 nitrogen and oxygen atoms in total. The van der Waals surface area contributed by atoms with Gasteiger partial charge in [0.2, 0.25) is 5.91 Å². The first-order valence-corrected chi connectivity index (χ1v) is 7.04. The second-order valence-electron chi connectivity index (χ2n) is 6.62. The third-order valence-electron chi connectivity index (χ3n) is 4.29. The molecule has 1 saturated heterocycles. The fourth-order valence-corrected chi connectivity index (χ4v) is 3.32. The smallest absolute Gasteiger partial charge is 0.233 e. The Morgan fingerprint density at radius 2 is 2.17 bits per heavy atom. The lowest BCUT2D eigenvalue weighted by Gasteiger charge is -2.54. The number of ether oxygens (including phenoxy) is 1. The SMILES string of the molecule is CC(C)CNC(=O)CNC1C2CCOC2C1(C)C. The lowest BCUT2D eigenvalue weighted by molar-refractivity contribution is -0.126. The van der Waals surface area contributed by atoms with Gasteiger partial charge in [0.25, 0.3) is 0 Å². The fraction of sp³-hybridized carbons (Fsp3) is 0.929. The molecule has 4 heteroatoms. The molecule has 0 spiro atoms. The number of carbonyl (C=O) groups excluding carboxylic acids is 1. The van der Waals surface area contributed by atoms with Gasteiger partial charge in [0.1, 0.15) is 0 Å². The molecule has 2 aliphatic rings. The Bertz CT molecular complexity index is 315. The number of nitrogens with one attached hydrogen (secondary N) is 2. The molecular weight excluding hydrogens is 228 g/mol. The zero-order valence-electron chi connectivity index (χ0n) is 12.0. The van der Waals surface area contributed by atoms with Gasteiger partial charge in [0.15, 0.2) is 0 Å². The first kappa shape index (κ1) is 13.8. The first-order valence-electron chi connectivity index (χ1n) is 7.04. The van der Waals surface area contributed by atoms with Gasteiger partial charge < -0.3 is 15.4 Å². The van der Waals surface area contributed by atoms with Crippen molar-refractivity contribution in [2.24, 2.45) is 17.3 Å². The van der Waals surface area contributed by atoms with E-state index >= 15 is 0 Å². The third kappa shape index (κ3) is 2.54. The predicted molar refractivity (Wildman–Crippen MR) is 71.3 cm³/mol. The van der Waals surface area contributed by atoms with Crippen LogP contribution in [0.25, 0.3) is 0 Å². The van der Waals surface area contributed by atoms with Crippen LogP contribution in [0, 0.1) is 17.3 Å².